The molecule has 9 heteroatoms. The molecule has 0 fully saturated rings. The van der Waals surface area contributed by atoms with Gasteiger partial charge in [-0.3, -0.25) is 9.59 Å². The van der Waals surface area contributed by atoms with E-state index in [2.05, 4.69) is 5.32 Å². The summed E-state index contributed by atoms with van der Waals surface area (Å²) in [5, 5.41) is 3.09. The van der Waals surface area contributed by atoms with Crippen molar-refractivity contribution in [1.82, 2.24) is 4.31 Å². The van der Waals surface area contributed by atoms with Crippen molar-refractivity contribution in [3.8, 4) is 0 Å². The van der Waals surface area contributed by atoms with Crippen molar-refractivity contribution in [2.45, 2.75) is 37.5 Å². The van der Waals surface area contributed by atoms with E-state index in [-0.39, 0.29) is 11.4 Å². The van der Waals surface area contributed by atoms with E-state index < -0.39 is 21.8 Å². The number of benzene rings is 1. The molecule has 7 nitrogen and oxygen atoms in total. The van der Waals surface area contributed by atoms with Gasteiger partial charge in [0.1, 0.15) is 5.00 Å². The molecule has 1 heterocycles. The molecule has 0 saturated heterocycles. The molecule has 1 aliphatic carbocycles. The molecule has 150 valence electrons. The molecule has 0 radical (unpaired) electrons. The fourth-order valence-corrected chi connectivity index (χ4v) is 5.70. The standard InChI is InChI=1S/C19H23N3O4S2/c1-12-7-9-13(10-8-12)28(25,26)22(2)11-16(23)21-19-17(18(20)24)14-5-3-4-6-15(14)27-19/h7-10H,3-6,11H2,1-2H3,(H2,20,24)(H,21,23). The van der Waals surface area contributed by atoms with Crippen LogP contribution in [0.1, 0.15) is 39.2 Å². The highest BCUT2D eigenvalue weighted by molar-refractivity contribution is 7.89. The van der Waals surface area contributed by atoms with Crippen LogP contribution in [0.25, 0.3) is 0 Å². The number of fused-ring (bicyclic) bond motifs is 1. The number of anilines is 1. The van der Waals surface area contributed by atoms with Crippen LogP contribution in [0.2, 0.25) is 0 Å². The molecule has 0 saturated carbocycles. The van der Waals surface area contributed by atoms with Crippen molar-refractivity contribution in [2.24, 2.45) is 5.73 Å². The average Bonchev–Trinajstić information content (AvgIpc) is 2.99. The number of nitrogens with one attached hydrogen (secondary N) is 1. The van der Waals surface area contributed by atoms with Gasteiger partial charge in [-0.25, -0.2) is 8.42 Å². The summed E-state index contributed by atoms with van der Waals surface area (Å²) in [4.78, 5) is 25.6. The third-order valence-electron chi connectivity index (χ3n) is 4.77. The van der Waals surface area contributed by atoms with E-state index in [9.17, 15) is 18.0 Å². The zero-order valence-electron chi connectivity index (χ0n) is 15.8. The van der Waals surface area contributed by atoms with Crippen molar-refractivity contribution in [2.75, 3.05) is 18.9 Å². The fourth-order valence-electron chi connectivity index (χ4n) is 3.26. The summed E-state index contributed by atoms with van der Waals surface area (Å²) < 4.78 is 26.3. The number of primary amides is 1. The number of hydrogen-bond donors (Lipinski definition) is 2. The largest absolute Gasteiger partial charge is 0.365 e. The summed E-state index contributed by atoms with van der Waals surface area (Å²) in [5.74, 6) is -1.09. The fraction of sp³-hybridized carbons (Fsp3) is 0.368. The van der Waals surface area contributed by atoms with Crippen molar-refractivity contribution in [3.63, 3.8) is 0 Å². The number of sulfonamides is 1. The first-order valence-electron chi connectivity index (χ1n) is 8.97. The normalized spacial score (nSPS) is 14.0. The molecule has 28 heavy (non-hydrogen) atoms. The number of aryl methyl sites for hydroxylation is 2. The Hall–Kier alpha value is -2.23. The van der Waals surface area contributed by atoms with Crippen molar-refractivity contribution < 1.29 is 18.0 Å². The number of likely N-dealkylation sites (N-methyl/N-ethyl adjacent to an activating group) is 1. The minimum absolute atomic E-state index is 0.123. The van der Waals surface area contributed by atoms with Gasteiger partial charge >= 0.3 is 0 Å². The highest BCUT2D eigenvalue weighted by Gasteiger charge is 2.27. The number of nitrogens with two attached hydrogens (primary N) is 1. The first-order valence-corrected chi connectivity index (χ1v) is 11.2. The quantitative estimate of drug-likeness (QED) is 0.746. The van der Waals surface area contributed by atoms with Crippen LogP contribution in [-0.2, 0) is 27.7 Å². The van der Waals surface area contributed by atoms with E-state index in [1.165, 1.54) is 30.5 Å². The van der Waals surface area contributed by atoms with Gasteiger partial charge in [-0.05, 0) is 50.3 Å². The molecular weight excluding hydrogens is 398 g/mol. The number of carbonyl (C=O) groups is 2. The van der Waals surface area contributed by atoms with Gasteiger partial charge in [-0.2, -0.15) is 4.31 Å². The first-order chi connectivity index (χ1) is 13.2. The van der Waals surface area contributed by atoms with E-state index >= 15 is 0 Å². The topological polar surface area (TPSA) is 110 Å². The number of rotatable bonds is 6. The Morgan fingerprint density at radius 2 is 1.82 bits per heavy atom. The summed E-state index contributed by atoms with van der Waals surface area (Å²) in [6, 6.07) is 6.43. The summed E-state index contributed by atoms with van der Waals surface area (Å²) in [6.45, 7) is 1.50. The SMILES string of the molecule is Cc1ccc(S(=O)(=O)N(C)CC(=O)Nc2sc3c(c2C(N)=O)CCCC3)cc1. The second-order valence-corrected chi connectivity index (χ2v) is 10.1. The Labute approximate surface area is 168 Å². The lowest BCUT2D eigenvalue weighted by molar-refractivity contribution is -0.116. The highest BCUT2D eigenvalue weighted by atomic mass is 32.2. The average molecular weight is 422 g/mol. The molecule has 2 aromatic rings. The van der Waals surface area contributed by atoms with E-state index in [1.807, 2.05) is 6.92 Å². The zero-order valence-corrected chi connectivity index (χ0v) is 17.5. The van der Waals surface area contributed by atoms with Crippen LogP contribution >= 0.6 is 11.3 Å². The molecule has 1 aromatic heterocycles. The molecule has 0 atom stereocenters. The number of amides is 2. The molecule has 1 aromatic carbocycles. The number of thiophene rings is 1. The van der Waals surface area contributed by atoms with E-state index in [1.54, 1.807) is 12.1 Å². The lowest BCUT2D eigenvalue weighted by Gasteiger charge is -2.17. The maximum Gasteiger partial charge on any atom is 0.251 e. The molecule has 0 bridgehead atoms. The Bertz CT molecular complexity index is 1010. The molecule has 3 rings (SSSR count). The lowest BCUT2D eigenvalue weighted by atomic mass is 9.95. The summed E-state index contributed by atoms with van der Waals surface area (Å²) in [5.41, 5.74) is 7.75. The molecular formula is C19H23N3O4S2. The number of nitrogens with zero attached hydrogens (tertiary/aromatic N) is 1. The highest BCUT2D eigenvalue weighted by Crippen LogP contribution is 2.37. The van der Waals surface area contributed by atoms with E-state index in [0.29, 0.717) is 10.6 Å². The van der Waals surface area contributed by atoms with Crippen LogP contribution in [0, 0.1) is 6.92 Å². The van der Waals surface area contributed by atoms with E-state index in [4.69, 9.17) is 5.73 Å². The second kappa shape index (κ2) is 8.02. The van der Waals surface area contributed by atoms with Gasteiger partial charge in [-0.1, -0.05) is 17.7 Å². The van der Waals surface area contributed by atoms with Crippen molar-refractivity contribution in [3.05, 3.63) is 45.8 Å². The van der Waals surface area contributed by atoms with Crippen LogP contribution < -0.4 is 11.1 Å². The van der Waals surface area contributed by atoms with E-state index in [0.717, 1.165) is 46.0 Å². The maximum atomic E-state index is 12.6. The summed E-state index contributed by atoms with van der Waals surface area (Å²) >= 11 is 1.35. The Kier molecular flexibility index (Phi) is 5.87. The minimum Gasteiger partial charge on any atom is -0.365 e. The second-order valence-electron chi connectivity index (χ2n) is 6.90. The predicted molar refractivity (Wildman–Crippen MR) is 109 cm³/mol. The molecule has 2 amide bonds. The lowest BCUT2D eigenvalue weighted by Crippen LogP contribution is -2.35. The Balaban J connectivity index is 1.76. The maximum absolute atomic E-state index is 12.6. The summed E-state index contributed by atoms with van der Waals surface area (Å²) in [7, 11) is -2.44. The molecule has 0 spiro atoms. The van der Waals surface area contributed by atoms with Gasteiger partial charge in [-0.15, -0.1) is 11.3 Å². The van der Waals surface area contributed by atoms with Gasteiger partial charge in [0.2, 0.25) is 15.9 Å². The molecule has 0 unspecified atom stereocenters. The van der Waals surface area contributed by atoms with Gasteiger partial charge in [0.25, 0.3) is 5.91 Å². The van der Waals surface area contributed by atoms with Gasteiger partial charge in [0, 0.05) is 11.9 Å². The molecule has 0 aliphatic heterocycles. The minimum atomic E-state index is -3.79. The van der Waals surface area contributed by atoms with Gasteiger partial charge < -0.3 is 11.1 Å². The smallest absolute Gasteiger partial charge is 0.251 e. The molecule has 3 N–H and O–H groups in total. The van der Waals surface area contributed by atoms with Crippen molar-refractivity contribution in [1.29, 1.82) is 0 Å². The summed E-state index contributed by atoms with van der Waals surface area (Å²) in [6.07, 6.45) is 3.64. The Morgan fingerprint density at radius 3 is 2.46 bits per heavy atom. The predicted octanol–water partition coefficient (Wildman–Crippen LogP) is 2.29. The van der Waals surface area contributed by atoms with Gasteiger partial charge in [0.15, 0.2) is 0 Å². The third-order valence-corrected chi connectivity index (χ3v) is 7.79. The van der Waals surface area contributed by atoms with Crippen molar-refractivity contribution >= 4 is 38.2 Å². The van der Waals surface area contributed by atoms with Crippen LogP contribution in [0.3, 0.4) is 0 Å². The van der Waals surface area contributed by atoms with Crippen LogP contribution in [0.15, 0.2) is 29.2 Å². The van der Waals surface area contributed by atoms with Crippen LogP contribution in [-0.4, -0.2) is 38.1 Å². The third kappa shape index (κ3) is 4.11. The Morgan fingerprint density at radius 1 is 1.18 bits per heavy atom. The molecule has 1 aliphatic rings. The zero-order chi connectivity index (χ0) is 20.5. The number of hydrogen-bond acceptors (Lipinski definition) is 5. The number of carbonyl (C=O) groups excluding carboxylic acids is 2. The van der Waals surface area contributed by atoms with Crippen LogP contribution in [0.5, 0.6) is 0 Å². The first kappa shape index (κ1) is 20.5. The monoisotopic (exact) mass is 421 g/mol. The van der Waals surface area contributed by atoms with Crippen LogP contribution in [0.4, 0.5) is 5.00 Å². The van der Waals surface area contributed by atoms with Gasteiger partial charge in [0.05, 0.1) is 17.0 Å².